The normalized spacial score (nSPS) is 14.4. The third kappa shape index (κ3) is 4.26. The van der Waals surface area contributed by atoms with Gasteiger partial charge in [0.2, 0.25) is 5.65 Å². The van der Waals surface area contributed by atoms with Gasteiger partial charge in [-0.2, -0.15) is 4.52 Å². The molecule has 4 N–H and O–H groups in total. The molecule has 0 radical (unpaired) electrons. The number of carbonyl (C=O) groups excluding carboxylic acids is 2. The standard InChI is InChI=1S/C27H23N7O6/c1-12-15-6-7-18(17(15)5-4-16(12)27(38)39)31-24(35)20-10-21(34-23(30-20)26(37)32-33-34)25(36)28-11-14-3-8-22-19(9-14)29-13(2)40-22/h3-5,8-10,18,37H,6-7,11H2,1-2H3,(H,28,36)(H,31,35)(H,38,39). The van der Waals surface area contributed by atoms with Crippen molar-refractivity contribution < 1.29 is 29.0 Å². The zero-order valence-electron chi connectivity index (χ0n) is 21.4. The highest BCUT2D eigenvalue weighted by atomic mass is 16.4. The highest BCUT2D eigenvalue weighted by molar-refractivity contribution is 5.98. The smallest absolute Gasteiger partial charge is 0.335 e. The summed E-state index contributed by atoms with van der Waals surface area (Å²) in [5.41, 5.74) is 4.41. The lowest BCUT2D eigenvalue weighted by Crippen LogP contribution is -2.30. The van der Waals surface area contributed by atoms with Gasteiger partial charge in [0.05, 0.1) is 11.6 Å². The number of aryl methyl sites for hydroxylation is 1. The number of aromatic carboxylic acids is 1. The number of nitrogens with one attached hydrogen (secondary N) is 2. The summed E-state index contributed by atoms with van der Waals surface area (Å²) in [4.78, 5) is 46.5. The molecule has 2 amide bonds. The number of carboxylic acids is 1. The molecule has 1 atom stereocenters. The summed E-state index contributed by atoms with van der Waals surface area (Å²) in [5.74, 6) is -2.13. The third-order valence-corrected chi connectivity index (χ3v) is 7.06. The third-order valence-electron chi connectivity index (χ3n) is 7.06. The summed E-state index contributed by atoms with van der Waals surface area (Å²) in [7, 11) is 0. The molecule has 0 saturated carbocycles. The van der Waals surface area contributed by atoms with E-state index in [0.717, 1.165) is 21.2 Å². The number of hydrogen-bond acceptors (Lipinski definition) is 9. The van der Waals surface area contributed by atoms with Gasteiger partial charge in [0, 0.05) is 19.5 Å². The van der Waals surface area contributed by atoms with Gasteiger partial charge in [-0.25, -0.2) is 14.8 Å². The van der Waals surface area contributed by atoms with E-state index >= 15 is 0 Å². The minimum Gasteiger partial charge on any atom is -0.489 e. The van der Waals surface area contributed by atoms with E-state index in [9.17, 15) is 24.6 Å². The second kappa shape index (κ2) is 9.45. The molecule has 0 fully saturated rings. The first-order chi connectivity index (χ1) is 19.2. The van der Waals surface area contributed by atoms with Gasteiger partial charge in [-0.1, -0.05) is 22.4 Å². The van der Waals surface area contributed by atoms with Crippen LogP contribution in [0, 0.1) is 13.8 Å². The van der Waals surface area contributed by atoms with Crippen LogP contribution in [0.2, 0.25) is 0 Å². The van der Waals surface area contributed by atoms with Crippen molar-refractivity contribution in [3.05, 3.63) is 81.5 Å². The van der Waals surface area contributed by atoms with Crippen molar-refractivity contribution in [2.75, 3.05) is 0 Å². The largest absolute Gasteiger partial charge is 0.489 e. The highest BCUT2D eigenvalue weighted by Gasteiger charge is 2.29. The van der Waals surface area contributed by atoms with Crippen molar-refractivity contribution in [1.29, 1.82) is 0 Å². The van der Waals surface area contributed by atoms with Crippen molar-refractivity contribution in [3.63, 3.8) is 0 Å². The Morgan fingerprint density at radius 1 is 1.10 bits per heavy atom. The molecular weight excluding hydrogens is 518 g/mol. The minimum atomic E-state index is -1.00. The molecule has 0 bridgehead atoms. The van der Waals surface area contributed by atoms with Crippen LogP contribution >= 0.6 is 0 Å². The Morgan fingerprint density at radius 3 is 2.73 bits per heavy atom. The molecule has 2 aromatic carbocycles. The number of aromatic nitrogens is 5. The SMILES string of the molecule is Cc1nc2cc(CNC(=O)c3cc(C(=O)NC4CCc5c4ccc(C(=O)O)c5C)nc4c(O)nnn34)ccc2o1. The Kier molecular flexibility index (Phi) is 5.90. The predicted octanol–water partition coefficient (Wildman–Crippen LogP) is 2.63. The van der Waals surface area contributed by atoms with Crippen LogP contribution in [0.4, 0.5) is 0 Å². The maximum absolute atomic E-state index is 13.3. The summed E-state index contributed by atoms with van der Waals surface area (Å²) in [6.07, 6.45) is 1.19. The van der Waals surface area contributed by atoms with Crippen molar-refractivity contribution >= 4 is 34.5 Å². The molecule has 5 aromatic rings. The van der Waals surface area contributed by atoms with Crippen molar-refractivity contribution in [1.82, 2.24) is 35.4 Å². The first kappa shape index (κ1) is 25.0. The lowest BCUT2D eigenvalue weighted by atomic mass is 9.98. The number of nitrogens with zero attached hydrogens (tertiary/aromatic N) is 5. The van der Waals surface area contributed by atoms with E-state index in [1.807, 2.05) is 0 Å². The van der Waals surface area contributed by atoms with Crippen LogP contribution in [0.1, 0.15) is 71.9 Å². The second-order valence-corrected chi connectivity index (χ2v) is 9.57. The predicted molar refractivity (Wildman–Crippen MR) is 139 cm³/mol. The summed E-state index contributed by atoms with van der Waals surface area (Å²) >= 11 is 0. The first-order valence-electron chi connectivity index (χ1n) is 12.5. The molecule has 1 aliphatic carbocycles. The van der Waals surface area contributed by atoms with Crippen LogP contribution < -0.4 is 10.6 Å². The van der Waals surface area contributed by atoms with Gasteiger partial charge in [-0.05, 0) is 60.2 Å². The molecule has 13 heteroatoms. The molecule has 202 valence electrons. The fourth-order valence-corrected chi connectivity index (χ4v) is 5.11. The van der Waals surface area contributed by atoms with Crippen molar-refractivity contribution in [2.45, 2.75) is 39.3 Å². The van der Waals surface area contributed by atoms with Crippen molar-refractivity contribution in [2.24, 2.45) is 0 Å². The van der Waals surface area contributed by atoms with Crippen LogP contribution in [0.3, 0.4) is 0 Å². The average molecular weight is 542 g/mol. The van der Waals surface area contributed by atoms with E-state index in [1.54, 1.807) is 38.1 Å². The van der Waals surface area contributed by atoms with E-state index in [-0.39, 0.29) is 35.2 Å². The van der Waals surface area contributed by atoms with Gasteiger partial charge < -0.3 is 25.3 Å². The number of benzene rings is 2. The molecule has 0 saturated heterocycles. The summed E-state index contributed by atoms with van der Waals surface area (Å²) < 4.78 is 6.54. The van der Waals surface area contributed by atoms with Gasteiger partial charge in [0.25, 0.3) is 17.7 Å². The fraction of sp³-hybridized carbons (Fsp3) is 0.222. The van der Waals surface area contributed by atoms with Crippen LogP contribution in [0.25, 0.3) is 16.7 Å². The van der Waals surface area contributed by atoms with E-state index in [2.05, 4.69) is 30.9 Å². The zero-order valence-corrected chi connectivity index (χ0v) is 21.4. The molecule has 0 aliphatic heterocycles. The van der Waals surface area contributed by atoms with Gasteiger partial charge in [0.15, 0.2) is 11.5 Å². The molecule has 1 aliphatic rings. The lowest BCUT2D eigenvalue weighted by molar-refractivity contribution is 0.0695. The maximum Gasteiger partial charge on any atom is 0.335 e. The minimum absolute atomic E-state index is 0.0462. The number of hydrogen-bond donors (Lipinski definition) is 4. The van der Waals surface area contributed by atoms with Crippen LogP contribution in [0.15, 0.2) is 40.8 Å². The summed E-state index contributed by atoms with van der Waals surface area (Å²) in [6.45, 7) is 3.66. The lowest BCUT2D eigenvalue weighted by Gasteiger charge is -2.15. The van der Waals surface area contributed by atoms with Gasteiger partial charge in [-0.15, -0.1) is 0 Å². The number of aromatic hydroxyl groups is 1. The van der Waals surface area contributed by atoms with Gasteiger partial charge in [-0.3, -0.25) is 9.59 Å². The summed E-state index contributed by atoms with van der Waals surface area (Å²) in [5, 5.41) is 32.7. The Morgan fingerprint density at radius 2 is 1.93 bits per heavy atom. The van der Waals surface area contributed by atoms with Crippen LogP contribution in [0.5, 0.6) is 5.88 Å². The topological polar surface area (TPSA) is 185 Å². The zero-order chi connectivity index (χ0) is 28.1. The number of amides is 2. The molecule has 3 heterocycles. The van der Waals surface area contributed by atoms with Gasteiger partial charge >= 0.3 is 5.97 Å². The monoisotopic (exact) mass is 541 g/mol. The Hall–Kier alpha value is -5.33. The molecule has 3 aromatic heterocycles. The van der Waals surface area contributed by atoms with Crippen LogP contribution in [-0.2, 0) is 13.0 Å². The Labute approximate surface area is 225 Å². The number of oxazole rings is 1. The number of carboxylic acid groups (broad SMARTS) is 1. The quantitative estimate of drug-likeness (QED) is 0.249. The number of fused-ring (bicyclic) bond motifs is 3. The maximum atomic E-state index is 13.3. The summed E-state index contributed by atoms with van der Waals surface area (Å²) in [6, 6.07) is 9.53. The molecule has 13 nitrogen and oxygen atoms in total. The molecule has 0 spiro atoms. The number of carbonyl (C=O) groups is 3. The van der Waals surface area contributed by atoms with E-state index in [0.29, 0.717) is 35.4 Å². The second-order valence-electron chi connectivity index (χ2n) is 9.57. The Balaban J connectivity index is 1.25. The molecule has 6 rings (SSSR count). The fourth-order valence-electron chi connectivity index (χ4n) is 5.11. The molecule has 40 heavy (non-hydrogen) atoms. The number of rotatable bonds is 6. The molecule has 1 unspecified atom stereocenters. The van der Waals surface area contributed by atoms with E-state index in [4.69, 9.17) is 4.42 Å². The first-order valence-corrected chi connectivity index (χ1v) is 12.5. The van der Waals surface area contributed by atoms with Crippen molar-refractivity contribution in [3.8, 4) is 5.88 Å². The highest BCUT2D eigenvalue weighted by Crippen LogP contribution is 2.35. The van der Waals surface area contributed by atoms with E-state index in [1.165, 1.54) is 12.1 Å². The van der Waals surface area contributed by atoms with E-state index < -0.39 is 23.7 Å². The molecular formula is C27H23N7O6. The van der Waals surface area contributed by atoms with Gasteiger partial charge in [0.1, 0.15) is 16.9 Å². The van der Waals surface area contributed by atoms with Crippen LogP contribution in [-0.4, -0.2) is 52.8 Å². The average Bonchev–Trinajstić information content (AvgIpc) is 3.62. The Bertz CT molecular complexity index is 1860.